The summed E-state index contributed by atoms with van der Waals surface area (Å²) in [7, 11) is 0. The van der Waals surface area contributed by atoms with Gasteiger partial charge >= 0.3 is 5.97 Å². The first-order chi connectivity index (χ1) is 12.8. The highest BCUT2D eigenvalue weighted by Gasteiger charge is 2.26. The second-order valence-electron chi connectivity index (χ2n) is 5.56. The fourth-order valence-corrected chi connectivity index (χ4v) is 2.53. The molecule has 27 heavy (non-hydrogen) atoms. The summed E-state index contributed by atoms with van der Waals surface area (Å²) in [4.78, 5) is 37.5. The van der Waals surface area contributed by atoms with Crippen molar-refractivity contribution in [1.82, 2.24) is 0 Å². The number of cyclic esters (lactones) is 1. The standard InChI is InChI=1S/C18H12ClN3O5/c1-10(23)20-13-5-2-11(3-6-13)8-15-18(24)27-17(21-15)12-4-7-14(19)16(9-12)22(25)26/h2-9H,1H3,(H,20,23)/b15-8-. The molecule has 0 atom stereocenters. The fourth-order valence-electron chi connectivity index (χ4n) is 2.34. The molecule has 0 saturated carbocycles. The summed E-state index contributed by atoms with van der Waals surface area (Å²) in [6.07, 6.45) is 1.51. The Labute approximate surface area is 158 Å². The molecule has 2 aromatic rings. The Morgan fingerprint density at radius 2 is 1.96 bits per heavy atom. The predicted octanol–water partition coefficient (Wildman–Crippen LogP) is 3.55. The number of rotatable bonds is 4. The molecule has 0 radical (unpaired) electrons. The van der Waals surface area contributed by atoms with E-state index >= 15 is 0 Å². The van der Waals surface area contributed by atoms with Gasteiger partial charge in [-0.1, -0.05) is 23.7 Å². The maximum Gasteiger partial charge on any atom is 0.363 e. The number of carbonyl (C=O) groups excluding carboxylic acids is 2. The van der Waals surface area contributed by atoms with Crippen LogP contribution in [0.2, 0.25) is 5.02 Å². The summed E-state index contributed by atoms with van der Waals surface area (Å²) in [6.45, 7) is 1.40. The molecule has 0 aliphatic carbocycles. The number of nitrogens with one attached hydrogen (secondary N) is 1. The van der Waals surface area contributed by atoms with Crippen LogP contribution in [0.1, 0.15) is 18.1 Å². The number of nitro groups is 1. The molecule has 0 bridgehead atoms. The van der Waals surface area contributed by atoms with E-state index in [4.69, 9.17) is 16.3 Å². The van der Waals surface area contributed by atoms with Gasteiger partial charge in [-0.3, -0.25) is 14.9 Å². The van der Waals surface area contributed by atoms with Gasteiger partial charge in [0, 0.05) is 24.2 Å². The van der Waals surface area contributed by atoms with Crippen molar-refractivity contribution in [3.05, 3.63) is 74.4 Å². The lowest BCUT2D eigenvalue weighted by atomic mass is 10.1. The summed E-state index contributed by atoms with van der Waals surface area (Å²) in [5.74, 6) is -0.902. The largest absolute Gasteiger partial charge is 0.402 e. The minimum atomic E-state index is -0.673. The van der Waals surface area contributed by atoms with E-state index in [0.717, 1.165) is 0 Å². The minimum absolute atomic E-state index is 0.0244. The topological polar surface area (TPSA) is 111 Å². The van der Waals surface area contributed by atoms with E-state index in [-0.39, 0.29) is 33.8 Å². The first-order valence-corrected chi connectivity index (χ1v) is 8.06. The summed E-state index contributed by atoms with van der Waals surface area (Å²) < 4.78 is 5.10. The summed E-state index contributed by atoms with van der Waals surface area (Å²) in [6, 6.07) is 10.8. The van der Waals surface area contributed by atoms with Gasteiger partial charge < -0.3 is 10.1 Å². The van der Waals surface area contributed by atoms with Crippen LogP contribution in [0.5, 0.6) is 0 Å². The predicted molar refractivity (Wildman–Crippen MR) is 99.5 cm³/mol. The molecule has 3 rings (SSSR count). The third-order valence-corrected chi connectivity index (χ3v) is 3.86. The second-order valence-corrected chi connectivity index (χ2v) is 5.97. The first-order valence-electron chi connectivity index (χ1n) is 7.68. The summed E-state index contributed by atoms with van der Waals surface area (Å²) in [5.41, 5.74) is 1.30. The Morgan fingerprint density at radius 3 is 2.59 bits per heavy atom. The molecule has 1 aliphatic heterocycles. The molecule has 0 spiro atoms. The number of benzene rings is 2. The smallest absolute Gasteiger partial charge is 0.363 e. The van der Waals surface area contributed by atoms with Crippen molar-refractivity contribution in [2.24, 2.45) is 4.99 Å². The summed E-state index contributed by atoms with van der Waals surface area (Å²) >= 11 is 5.78. The Balaban J connectivity index is 1.88. The van der Waals surface area contributed by atoms with Gasteiger partial charge in [0.1, 0.15) is 5.02 Å². The van der Waals surface area contributed by atoms with Gasteiger partial charge in [0.2, 0.25) is 11.8 Å². The molecule has 8 nitrogen and oxygen atoms in total. The van der Waals surface area contributed by atoms with Gasteiger partial charge in [0.25, 0.3) is 5.69 Å². The van der Waals surface area contributed by atoms with Gasteiger partial charge in [0.05, 0.1) is 4.92 Å². The van der Waals surface area contributed by atoms with E-state index < -0.39 is 10.9 Å². The highest BCUT2D eigenvalue weighted by molar-refractivity contribution is 6.32. The van der Waals surface area contributed by atoms with Crippen LogP contribution in [0.3, 0.4) is 0 Å². The molecule has 0 fully saturated rings. The zero-order chi connectivity index (χ0) is 19.6. The molecule has 1 amide bonds. The van der Waals surface area contributed by atoms with Gasteiger partial charge in [-0.2, -0.15) is 0 Å². The number of ether oxygens (including phenoxy) is 1. The van der Waals surface area contributed by atoms with Crippen LogP contribution >= 0.6 is 11.6 Å². The molecule has 2 aromatic carbocycles. The zero-order valence-electron chi connectivity index (χ0n) is 13.9. The number of nitrogens with zero attached hydrogens (tertiary/aromatic N) is 2. The quantitative estimate of drug-likeness (QED) is 0.374. The van der Waals surface area contributed by atoms with E-state index in [1.807, 2.05) is 0 Å². The Bertz CT molecular complexity index is 1010. The maximum absolute atomic E-state index is 12.0. The third-order valence-electron chi connectivity index (χ3n) is 3.54. The first kappa shape index (κ1) is 18.3. The second kappa shape index (κ2) is 7.38. The van der Waals surface area contributed by atoms with Gasteiger partial charge in [-0.15, -0.1) is 0 Å². The number of carbonyl (C=O) groups is 2. The highest BCUT2D eigenvalue weighted by atomic mass is 35.5. The minimum Gasteiger partial charge on any atom is -0.402 e. The van der Waals surface area contributed by atoms with Crippen molar-refractivity contribution in [2.45, 2.75) is 6.92 Å². The monoisotopic (exact) mass is 385 g/mol. The van der Waals surface area contributed by atoms with E-state index in [0.29, 0.717) is 11.3 Å². The lowest BCUT2D eigenvalue weighted by Gasteiger charge is -2.01. The van der Waals surface area contributed by atoms with E-state index in [9.17, 15) is 19.7 Å². The number of aliphatic imine (C=N–C) groups is 1. The van der Waals surface area contributed by atoms with Gasteiger partial charge in [0.15, 0.2) is 5.70 Å². The lowest BCUT2D eigenvalue weighted by Crippen LogP contribution is -2.06. The van der Waals surface area contributed by atoms with Crippen LogP contribution in [-0.4, -0.2) is 22.7 Å². The van der Waals surface area contributed by atoms with Gasteiger partial charge in [-0.05, 0) is 35.9 Å². The number of halogens is 1. The van der Waals surface area contributed by atoms with Crippen molar-refractivity contribution in [2.75, 3.05) is 5.32 Å². The van der Waals surface area contributed by atoms with Crippen molar-refractivity contribution in [3.63, 3.8) is 0 Å². The van der Waals surface area contributed by atoms with Crippen molar-refractivity contribution < 1.29 is 19.2 Å². The molecular weight excluding hydrogens is 374 g/mol. The molecule has 0 saturated heterocycles. The van der Waals surface area contributed by atoms with Crippen molar-refractivity contribution in [1.29, 1.82) is 0 Å². The molecule has 9 heteroatoms. The molecule has 0 unspecified atom stereocenters. The number of nitro benzene ring substituents is 1. The molecule has 1 aliphatic rings. The molecule has 136 valence electrons. The van der Waals surface area contributed by atoms with Crippen LogP contribution in [0.25, 0.3) is 6.08 Å². The Kier molecular flexibility index (Phi) is 5.00. The molecular formula is C18H12ClN3O5. The maximum atomic E-state index is 12.0. The van der Waals surface area contributed by atoms with E-state index in [1.54, 1.807) is 24.3 Å². The number of hydrogen-bond donors (Lipinski definition) is 1. The van der Waals surface area contributed by atoms with Crippen LogP contribution in [0, 0.1) is 10.1 Å². The van der Waals surface area contributed by atoms with Gasteiger partial charge in [-0.25, -0.2) is 9.79 Å². The van der Waals surface area contributed by atoms with Crippen LogP contribution in [-0.2, 0) is 14.3 Å². The fraction of sp³-hybridized carbons (Fsp3) is 0.0556. The van der Waals surface area contributed by atoms with Crippen LogP contribution < -0.4 is 5.32 Å². The molecule has 0 aromatic heterocycles. The number of hydrogen-bond acceptors (Lipinski definition) is 6. The van der Waals surface area contributed by atoms with E-state index in [2.05, 4.69) is 10.3 Å². The Hall–Kier alpha value is -3.52. The number of esters is 1. The third kappa shape index (κ3) is 4.18. The Morgan fingerprint density at radius 1 is 1.26 bits per heavy atom. The van der Waals surface area contributed by atoms with Crippen LogP contribution in [0.4, 0.5) is 11.4 Å². The number of amides is 1. The zero-order valence-corrected chi connectivity index (χ0v) is 14.7. The summed E-state index contributed by atoms with van der Waals surface area (Å²) in [5, 5.41) is 13.6. The molecule has 1 heterocycles. The number of anilines is 1. The average Bonchev–Trinajstić information content (AvgIpc) is 2.97. The van der Waals surface area contributed by atoms with Crippen LogP contribution in [0.15, 0.2) is 53.2 Å². The van der Waals surface area contributed by atoms with Crippen molar-refractivity contribution >= 4 is 46.8 Å². The van der Waals surface area contributed by atoms with E-state index in [1.165, 1.54) is 31.2 Å². The highest BCUT2D eigenvalue weighted by Crippen LogP contribution is 2.27. The van der Waals surface area contributed by atoms with Crippen molar-refractivity contribution in [3.8, 4) is 0 Å². The SMILES string of the molecule is CC(=O)Nc1ccc(/C=C2\N=C(c3ccc(Cl)c([N+](=O)[O-])c3)OC2=O)cc1. The molecule has 1 N–H and O–H groups in total. The lowest BCUT2D eigenvalue weighted by molar-refractivity contribution is -0.384. The normalized spacial score (nSPS) is 14.7. The average molecular weight is 386 g/mol.